The number of hydrogen-bond donors (Lipinski definition) is 0. The maximum atomic E-state index is 9.76. The Labute approximate surface area is 158 Å². The van der Waals surface area contributed by atoms with E-state index in [1.165, 1.54) is 103 Å². The highest BCUT2D eigenvalue weighted by Crippen LogP contribution is 2.41. The molecule has 2 saturated carbocycles. The van der Waals surface area contributed by atoms with Crippen LogP contribution in [-0.2, 0) is 0 Å². The quantitative estimate of drug-likeness (QED) is 0.369. The first-order valence-corrected chi connectivity index (χ1v) is 11.7. The van der Waals surface area contributed by atoms with Crippen LogP contribution in [-0.4, -0.2) is 0 Å². The Hall–Kier alpha value is -0.510. The Morgan fingerprint density at radius 1 is 0.720 bits per heavy atom. The van der Waals surface area contributed by atoms with Gasteiger partial charge in [-0.1, -0.05) is 97.3 Å². The molecule has 2 aliphatic carbocycles. The largest absolute Gasteiger partial charge is 0.198 e. The van der Waals surface area contributed by atoms with Gasteiger partial charge in [-0.3, -0.25) is 0 Å². The van der Waals surface area contributed by atoms with Gasteiger partial charge in [0.2, 0.25) is 0 Å². The fourth-order valence-electron chi connectivity index (χ4n) is 5.52. The van der Waals surface area contributed by atoms with Crippen molar-refractivity contribution in [3.05, 3.63) is 0 Å². The van der Waals surface area contributed by atoms with E-state index in [1.807, 2.05) is 0 Å². The van der Waals surface area contributed by atoms with E-state index in [0.717, 1.165) is 17.8 Å². The summed E-state index contributed by atoms with van der Waals surface area (Å²) in [6, 6.07) is 2.73. The smallest absolute Gasteiger partial charge is 0.0658 e. The molecule has 25 heavy (non-hydrogen) atoms. The third-order valence-corrected chi connectivity index (χ3v) is 7.36. The molecule has 0 heterocycles. The van der Waals surface area contributed by atoms with E-state index in [-0.39, 0.29) is 0 Å². The van der Waals surface area contributed by atoms with Gasteiger partial charge in [0, 0.05) is 5.92 Å². The van der Waals surface area contributed by atoms with Crippen LogP contribution in [0.25, 0.3) is 0 Å². The SMILES string of the molecule is CCCCC[C@H]1CC[C@H](CC(C#N)[C@H]2CC[C@H](CCCC)CC2)CC1. The van der Waals surface area contributed by atoms with Gasteiger partial charge >= 0.3 is 0 Å². The molecule has 1 heteroatoms. The molecule has 2 rings (SSSR count). The van der Waals surface area contributed by atoms with Crippen LogP contribution in [0.1, 0.15) is 117 Å². The van der Waals surface area contributed by atoms with Crippen LogP contribution in [0.3, 0.4) is 0 Å². The van der Waals surface area contributed by atoms with Crippen molar-refractivity contribution >= 4 is 0 Å². The summed E-state index contributed by atoms with van der Waals surface area (Å²) in [5.41, 5.74) is 0. The van der Waals surface area contributed by atoms with Gasteiger partial charge in [0.25, 0.3) is 0 Å². The lowest BCUT2D eigenvalue weighted by Crippen LogP contribution is -2.24. The van der Waals surface area contributed by atoms with E-state index in [2.05, 4.69) is 19.9 Å². The standard InChI is InChI=1S/C24H43N/c1-3-5-7-9-21-10-12-22(13-11-21)18-24(19-25)23-16-14-20(15-17-23)8-6-4-2/h20-24H,3-18H2,1-2H3/t20-,21-,22-,23-,24?. The van der Waals surface area contributed by atoms with Gasteiger partial charge < -0.3 is 0 Å². The van der Waals surface area contributed by atoms with Crippen LogP contribution in [0.15, 0.2) is 0 Å². The zero-order chi connectivity index (χ0) is 17.9. The minimum Gasteiger partial charge on any atom is -0.198 e. The molecule has 144 valence electrons. The molecule has 0 amide bonds. The zero-order valence-corrected chi connectivity index (χ0v) is 17.1. The van der Waals surface area contributed by atoms with Crippen LogP contribution in [0.2, 0.25) is 0 Å². The minimum atomic E-state index is 0.355. The highest BCUT2D eigenvalue weighted by atomic mass is 14.4. The van der Waals surface area contributed by atoms with Crippen LogP contribution >= 0.6 is 0 Å². The third kappa shape index (κ3) is 7.32. The molecule has 0 N–H and O–H groups in total. The molecule has 0 saturated heterocycles. The Kier molecular flexibility index (Phi) is 9.97. The molecule has 1 nitrogen and oxygen atoms in total. The van der Waals surface area contributed by atoms with Gasteiger partial charge in [-0.25, -0.2) is 0 Å². The lowest BCUT2D eigenvalue weighted by atomic mass is 9.70. The maximum absolute atomic E-state index is 9.76. The summed E-state index contributed by atoms with van der Waals surface area (Å²) in [7, 11) is 0. The van der Waals surface area contributed by atoms with Crippen molar-refractivity contribution in [2.24, 2.45) is 29.6 Å². The number of rotatable bonds is 10. The first-order chi connectivity index (χ1) is 12.3. The summed E-state index contributed by atoms with van der Waals surface area (Å²) in [4.78, 5) is 0. The highest BCUT2D eigenvalue weighted by molar-refractivity contribution is 4.92. The van der Waals surface area contributed by atoms with E-state index in [4.69, 9.17) is 0 Å². The average Bonchev–Trinajstić information content (AvgIpc) is 2.66. The van der Waals surface area contributed by atoms with E-state index in [0.29, 0.717) is 11.8 Å². The monoisotopic (exact) mass is 345 g/mol. The summed E-state index contributed by atoms with van der Waals surface area (Å²) < 4.78 is 0. The minimum absolute atomic E-state index is 0.355. The topological polar surface area (TPSA) is 23.8 Å². The van der Waals surface area contributed by atoms with E-state index in [9.17, 15) is 5.26 Å². The fraction of sp³-hybridized carbons (Fsp3) is 0.958. The number of nitrogens with zero attached hydrogens (tertiary/aromatic N) is 1. The second-order valence-electron chi connectivity index (χ2n) is 9.28. The van der Waals surface area contributed by atoms with Gasteiger partial charge in [-0.2, -0.15) is 5.26 Å². The second-order valence-corrected chi connectivity index (χ2v) is 9.28. The van der Waals surface area contributed by atoms with Crippen LogP contribution in [0.5, 0.6) is 0 Å². The van der Waals surface area contributed by atoms with E-state index >= 15 is 0 Å². The molecule has 0 radical (unpaired) electrons. The molecular weight excluding hydrogens is 302 g/mol. The molecule has 1 unspecified atom stereocenters. The van der Waals surface area contributed by atoms with Crippen molar-refractivity contribution in [3.63, 3.8) is 0 Å². The van der Waals surface area contributed by atoms with Crippen molar-refractivity contribution in [1.29, 1.82) is 5.26 Å². The molecule has 0 spiro atoms. The van der Waals surface area contributed by atoms with Gasteiger partial charge in [0.15, 0.2) is 0 Å². The summed E-state index contributed by atoms with van der Waals surface area (Å²) in [5, 5.41) is 9.76. The first kappa shape index (κ1) is 20.8. The Morgan fingerprint density at radius 2 is 1.24 bits per heavy atom. The lowest BCUT2D eigenvalue weighted by Gasteiger charge is -2.34. The molecule has 2 fully saturated rings. The normalized spacial score (nSPS) is 31.4. The molecule has 0 bridgehead atoms. The van der Waals surface area contributed by atoms with Crippen LogP contribution in [0.4, 0.5) is 0 Å². The van der Waals surface area contributed by atoms with Gasteiger partial charge in [-0.05, 0) is 42.9 Å². The second kappa shape index (κ2) is 12.0. The summed E-state index contributed by atoms with van der Waals surface area (Å²) in [5.74, 6) is 3.88. The fourth-order valence-corrected chi connectivity index (χ4v) is 5.52. The number of hydrogen-bond acceptors (Lipinski definition) is 1. The van der Waals surface area contributed by atoms with Crippen molar-refractivity contribution in [2.75, 3.05) is 0 Å². The lowest BCUT2D eigenvalue weighted by molar-refractivity contribution is 0.177. The van der Waals surface area contributed by atoms with E-state index in [1.54, 1.807) is 0 Å². The Morgan fingerprint density at radius 3 is 1.80 bits per heavy atom. The maximum Gasteiger partial charge on any atom is 0.0658 e. The molecule has 1 atom stereocenters. The molecule has 0 aromatic carbocycles. The van der Waals surface area contributed by atoms with Gasteiger partial charge in [-0.15, -0.1) is 0 Å². The van der Waals surface area contributed by atoms with E-state index < -0.39 is 0 Å². The zero-order valence-electron chi connectivity index (χ0n) is 17.1. The molecule has 0 aromatic heterocycles. The molecule has 0 aromatic rings. The van der Waals surface area contributed by atoms with Crippen molar-refractivity contribution in [2.45, 2.75) is 117 Å². The van der Waals surface area contributed by atoms with Crippen LogP contribution in [0, 0.1) is 40.9 Å². The summed E-state index contributed by atoms with van der Waals surface area (Å²) >= 11 is 0. The van der Waals surface area contributed by atoms with Gasteiger partial charge in [0.1, 0.15) is 0 Å². The molecule has 0 aliphatic heterocycles. The molecular formula is C24H43N. The number of nitriles is 1. The third-order valence-electron chi connectivity index (χ3n) is 7.36. The van der Waals surface area contributed by atoms with Crippen molar-refractivity contribution in [1.82, 2.24) is 0 Å². The predicted octanol–water partition coefficient (Wildman–Crippen LogP) is 7.90. The number of unbranched alkanes of at least 4 members (excludes halogenated alkanes) is 3. The van der Waals surface area contributed by atoms with Gasteiger partial charge in [0.05, 0.1) is 6.07 Å². The Bertz CT molecular complexity index is 366. The van der Waals surface area contributed by atoms with Crippen molar-refractivity contribution in [3.8, 4) is 6.07 Å². The summed E-state index contributed by atoms with van der Waals surface area (Å²) in [6.07, 6.45) is 22.2. The van der Waals surface area contributed by atoms with Crippen LogP contribution < -0.4 is 0 Å². The first-order valence-electron chi connectivity index (χ1n) is 11.7. The highest BCUT2D eigenvalue weighted by Gasteiger charge is 2.30. The Balaban J connectivity index is 1.66. The van der Waals surface area contributed by atoms with Crippen molar-refractivity contribution < 1.29 is 0 Å². The predicted molar refractivity (Wildman–Crippen MR) is 108 cm³/mol. The summed E-state index contributed by atoms with van der Waals surface area (Å²) in [6.45, 7) is 4.60. The molecule has 2 aliphatic rings. The average molecular weight is 346 g/mol.